The van der Waals surface area contributed by atoms with Gasteiger partial charge in [-0.05, 0) is 49.7 Å². The van der Waals surface area contributed by atoms with Crippen molar-refractivity contribution in [2.45, 2.75) is 38.6 Å². The third kappa shape index (κ3) is 3.82. The van der Waals surface area contributed by atoms with Crippen molar-refractivity contribution in [3.63, 3.8) is 0 Å². The molecule has 0 aromatic carbocycles. The molecule has 1 aromatic rings. The maximum absolute atomic E-state index is 12.0. The number of carbonyl (C=O) groups is 1. The lowest BCUT2D eigenvalue weighted by atomic mass is 9.94. The van der Waals surface area contributed by atoms with Crippen molar-refractivity contribution >= 4 is 17.2 Å². The van der Waals surface area contributed by atoms with Crippen molar-refractivity contribution in [1.82, 2.24) is 10.6 Å². The second-order valence-corrected chi connectivity index (χ2v) is 5.92. The first-order chi connectivity index (χ1) is 8.79. The molecule has 0 saturated carbocycles. The maximum atomic E-state index is 12.0. The third-order valence-corrected chi connectivity index (χ3v) is 4.55. The molecule has 4 heteroatoms. The van der Waals surface area contributed by atoms with Gasteiger partial charge in [-0.2, -0.15) is 0 Å². The van der Waals surface area contributed by atoms with E-state index in [1.54, 1.807) is 11.3 Å². The molecule has 1 aliphatic heterocycles. The van der Waals surface area contributed by atoms with Gasteiger partial charge in [0, 0.05) is 11.3 Å². The minimum Gasteiger partial charge on any atom is -0.348 e. The summed E-state index contributed by atoms with van der Waals surface area (Å²) in [5, 5.41) is 8.57. The summed E-state index contributed by atoms with van der Waals surface area (Å²) in [6.45, 7) is 4.23. The van der Waals surface area contributed by atoms with Crippen LogP contribution >= 0.6 is 11.3 Å². The maximum Gasteiger partial charge on any atom is 0.220 e. The summed E-state index contributed by atoms with van der Waals surface area (Å²) in [5.74, 6) is 0.772. The van der Waals surface area contributed by atoms with E-state index in [1.807, 2.05) is 6.07 Å². The van der Waals surface area contributed by atoms with Crippen LogP contribution in [0.3, 0.4) is 0 Å². The van der Waals surface area contributed by atoms with Gasteiger partial charge in [-0.15, -0.1) is 11.3 Å². The van der Waals surface area contributed by atoms with Crippen molar-refractivity contribution in [1.29, 1.82) is 0 Å². The summed E-state index contributed by atoms with van der Waals surface area (Å²) in [6, 6.07) is 4.34. The molecule has 0 spiro atoms. The van der Waals surface area contributed by atoms with Crippen LogP contribution in [0.2, 0.25) is 0 Å². The van der Waals surface area contributed by atoms with Gasteiger partial charge in [0.15, 0.2) is 0 Å². The zero-order chi connectivity index (χ0) is 12.8. The molecule has 0 bridgehead atoms. The number of rotatable bonds is 5. The van der Waals surface area contributed by atoms with Crippen LogP contribution in [0.15, 0.2) is 17.5 Å². The average Bonchev–Trinajstić information content (AvgIpc) is 2.91. The first-order valence-corrected chi connectivity index (χ1v) is 7.71. The molecule has 1 aromatic heterocycles. The van der Waals surface area contributed by atoms with E-state index in [-0.39, 0.29) is 11.9 Å². The Morgan fingerprint density at radius 1 is 1.56 bits per heavy atom. The van der Waals surface area contributed by atoms with Crippen molar-refractivity contribution in [3.05, 3.63) is 22.4 Å². The normalized spacial score (nSPS) is 18.5. The molecule has 2 heterocycles. The third-order valence-electron chi connectivity index (χ3n) is 3.56. The molecule has 2 rings (SSSR count). The number of carbonyl (C=O) groups excluding carboxylic acids is 1. The standard InChI is InChI=1S/C14H22N2OS/c1-2-12(13-4-3-9-18-13)16-14(17)10-11-5-7-15-8-6-11/h3-4,9,11-12,15H,2,5-8,10H2,1H3,(H,16,17). The van der Waals surface area contributed by atoms with Gasteiger partial charge in [0.05, 0.1) is 6.04 Å². The highest BCUT2D eigenvalue weighted by Crippen LogP contribution is 2.23. The smallest absolute Gasteiger partial charge is 0.220 e. The van der Waals surface area contributed by atoms with Crippen molar-refractivity contribution in [2.75, 3.05) is 13.1 Å². The highest BCUT2D eigenvalue weighted by atomic mass is 32.1. The molecule has 2 N–H and O–H groups in total. The molecule has 1 fully saturated rings. The summed E-state index contributed by atoms with van der Waals surface area (Å²) in [7, 11) is 0. The second kappa shape index (κ2) is 6.90. The Hall–Kier alpha value is -0.870. The molecule has 3 nitrogen and oxygen atoms in total. The minimum atomic E-state index is 0.194. The highest BCUT2D eigenvalue weighted by Gasteiger charge is 2.19. The molecule has 1 amide bonds. The Morgan fingerprint density at radius 3 is 2.94 bits per heavy atom. The number of thiophene rings is 1. The van der Waals surface area contributed by atoms with Crippen molar-refractivity contribution in [2.24, 2.45) is 5.92 Å². The lowest BCUT2D eigenvalue weighted by Gasteiger charge is -2.23. The first-order valence-electron chi connectivity index (χ1n) is 6.83. The number of nitrogens with one attached hydrogen (secondary N) is 2. The Labute approximate surface area is 113 Å². The minimum absolute atomic E-state index is 0.194. The van der Waals surface area contributed by atoms with Crippen LogP contribution in [-0.4, -0.2) is 19.0 Å². The lowest BCUT2D eigenvalue weighted by Crippen LogP contribution is -2.33. The second-order valence-electron chi connectivity index (χ2n) is 4.94. The SMILES string of the molecule is CCC(NC(=O)CC1CCNCC1)c1cccs1. The molecule has 1 unspecified atom stereocenters. The summed E-state index contributed by atoms with van der Waals surface area (Å²) >= 11 is 1.72. The fourth-order valence-electron chi connectivity index (χ4n) is 2.47. The van der Waals surface area contributed by atoms with Gasteiger partial charge in [0.2, 0.25) is 5.91 Å². The summed E-state index contributed by atoms with van der Waals surface area (Å²) in [6.07, 6.45) is 3.90. The van der Waals surface area contributed by atoms with E-state index in [9.17, 15) is 4.79 Å². The lowest BCUT2D eigenvalue weighted by molar-refractivity contribution is -0.123. The predicted octanol–water partition coefficient (Wildman–Crippen LogP) is 2.71. The Balaban J connectivity index is 1.82. The predicted molar refractivity (Wildman–Crippen MR) is 75.7 cm³/mol. The zero-order valence-electron chi connectivity index (χ0n) is 10.9. The molecule has 1 saturated heterocycles. The van der Waals surface area contributed by atoms with Crippen LogP contribution in [0.1, 0.15) is 43.5 Å². The van der Waals surface area contributed by atoms with Gasteiger partial charge in [-0.1, -0.05) is 13.0 Å². The Kier molecular flexibility index (Phi) is 5.20. The van der Waals surface area contributed by atoms with Crippen LogP contribution in [0, 0.1) is 5.92 Å². The number of amides is 1. The molecule has 1 atom stereocenters. The summed E-state index contributed by atoms with van der Waals surface area (Å²) in [5.41, 5.74) is 0. The molecule has 1 aliphatic rings. The largest absolute Gasteiger partial charge is 0.348 e. The van der Waals surface area contributed by atoms with Crippen LogP contribution in [-0.2, 0) is 4.79 Å². The van der Waals surface area contributed by atoms with Crippen LogP contribution in [0.5, 0.6) is 0 Å². The van der Waals surface area contributed by atoms with E-state index < -0.39 is 0 Å². The molecular weight excluding hydrogens is 244 g/mol. The molecule has 100 valence electrons. The van der Waals surface area contributed by atoms with Crippen LogP contribution in [0.4, 0.5) is 0 Å². The van der Waals surface area contributed by atoms with Crippen molar-refractivity contribution in [3.8, 4) is 0 Å². The highest BCUT2D eigenvalue weighted by molar-refractivity contribution is 7.10. The summed E-state index contributed by atoms with van der Waals surface area (Å²) in [4.78, 5) is 13.3. The van der Waals surface area contributed by atoms with Gasteiger partial charge in [-0.25, -0.2) is 0 Å². The molecule has 0 aliphatic carbocycles. The average molecular weight is 266 g/mol. The topological polar surface area (TPSA) is 41.1 Å². The first kappa shape index (κ1) is 13.6. The molecule has 18 heavy (non-hydrogen) atoms. The van der Waals surface area contributed by atoms with E-state index in [2.05, 4.69) is 29.0 Å². The van der Waals surface area contributed by atoms with Crippen molar-refractivity contribution < 1.29 is 4.79 Å². The Morgan fingerprint density at radius 2 is 2.33 bits per heavy atom. The van der Waals surface area contributed by atoms with E-state index in [0.717, 1.165) is 32.4 Å². The van der Waals surface area contributed by atoms with Gasteiger partial charge in [-0.3, -0.25) is 4.79 Å². The number of piperidine rings is 1. The van der Waals surface area contributed by atoms with Gasteiger partial charge >= 0.3 is 0 Å². The van der Waals surface area contributed by atoms with E-state index in [4.69, 9.17) is 0 Å². The molecule has 0 radical (unpaired) electrons. The van der Waals surface area contributed by atoms with Gasteiger partial charge in [0.1, 0.15) is 0 Å². The quantitative estimate of drug-likeness (QED) is 0.860. The fourth-order valence-corrected chi connectivity index (χ4v) is 3.33. The van der Waals surface area contributed by atoms with E-state index >= 15 is 0 Å². The van der Waals surface area contributed by atoms with Crippen LogP contribution in [0.25, 0.3) is 0 Å². The zero-order valence-corrected chi connectivity index (χ0v) is 11.8. The number of hydrogen-bond acceptors (Lipinski definition) is 3. The summed E-state index contributed by atoms with van der Waals surface area (Å²) < 4.78 is 0. The van der Waals surface area contributed by atoms with E-state index in [0.29, 0.717) is 12.3 Å². The van der Waals surface area contributed by atoms with E-state index in [1.165, 1.54) is 4.88 Å². The van der Waals surface area contributed by atoms with Gasteiger partial charge in [0.25, 0.3) is 0 Å². The fraction of sp³-hybridized carbons (Fsp3) is 0.643. The Bertz CT molecular complexity index is 358. The molecular formula is C14H22N2OS. The monoisotopic (exact) mass is 266 g/mol. The van der Waals surface area contributed by atoms with Gasteiger partial charge < -0.3 is 10.6 Å². The van der Waals surface area contributed by atoms with Crippen LogP contribution < -0.4 is 10.6 Å². The number of hydrogen-bond donors (Lipinski definition) is 2.